The van der Waals surface area contributed by atoms with E-state index in [0.717, 1.165) is 12.1 Å². The number of carbonyl (C=O) groups is 1. The Kier molecular flexibility index (Phi) is 2.79. The Labute approximate surface area is 93.8 Å². The van der Waals surface area contributed by atoms with Crippen molar-refractivity contribution in [3.63, 3.8) is 0 Å². The average Bonchev–Trinajstić information content (AvgIpc) is 2.77. The number of nitrogens with zero attached hydrogens (tertiary/aromatic N) is 2. The summed E-state index contributed by atoms with van der Waals surface area (Å²) in [4.78, 5) is 11.3. The van der Waals surface area contributed by atoms with E-state index in [2.05, 4.69) is 15.4 Å². The van der Waals surface area contributed by atoms with Crippen LogP contribution in [0.4, 0.5) is 8.78 Å². The third kappa shape index (κ3) is 1.85. The van der Waals surface area contributed by atoms with Crippen molar-refractivity contribution in [2.24, 2.45) is 5.84 Å². The van der Waals surface area contributed by atoms with E-state index in [0.29, 0.717) is 0 Å². The van der Waals surface area contributed by atoms with Crippen LogP contribution in [0.15, 0.2) is 18.2 Å². The van der Waals surface area contributed by atoms with Crippen molar-refractivity contribution in [3.05, 3.63) is 35.5 Å². The summed E-state index contributed by atoms with van der Waals surface area (Å²) in [5.41, 5.74) is 0.866. The number of amides is 1. The number of hydrogen-bond donors (Lipinski definition) is 3. The number of nitrogens with one attached hydrogen (secondary N) is 2. The molecule has 0 atom stereocenters. The van der Waals surface area contributed by atoms with Crippen molar-refractivity contribution >= 4 is 5.91 Å². The van der Waals surface area contributed by atoms with Gasteiger partial charge in [0, 0.05) is 0 Å². The van der Waals surface area contributed by atoms with Crippen LogP contribution >= 0.6 is 0 Å². The third-order valence-electron chi connectivity index (χ3n) is 2.09. The predicted octanol–water partition coefficient (Wildman–Crippen LogP) is 0.353. The second-order valence-corrected chi connectivity index (χ2v) is 3.09. The van der Waals surface area contributed by atoms with Crippen LogP contribution in [-0.4, -0.2) is 21.3 Å². The summed E-state index contributed by atoms with van der Waals surface area (Å²) in [6, 6.07) is 3.31. The van der Waals surface area contributed by atoms with Gasteiger partial charge in [0.05, 0.1) is 5.56 Å². The highest BCUT2D eigenvalue weighted by Crippen LogP contribution is 2.25. The molecule has 1 aromatic heterocycles. The van der Waals surface area contributed by atoms with E-state index in [9.17, 15) is 13.6 Å². The standard InChI is InChI=1S/C9H7F2N5O/c10-4-2-1-3-5(11)6(4)7-8(9(17)13-12)15-16-14-7/h1-3H,12H2,(H,13,17)(H,14,15,16). The number of hydrazine groups is 1. The minimum absolute atomic E-state index is 0.233. The zero-order valence-corrected chi connectivity index (χ0v) is 8.37. The number of rotatable bonds is 2. The van der Waals surface area contributed by atoms with Crippen LogP contribution in [0.2, 0.25) is 0 Å². The minimum atomic E-state index is -0.843. The molecule has 17 heavy (non-hydrogen) atoms. The van der Waals surface area contributed by atoms with Crippen LogP contribution in [0, 0.1) is 11.6 Å². The van der Waals surface area contributed by atoms with Crippen molar-refractivity contribution < 1.29 is 13.6 Å². The Morgan fingerprint density at radius 1 is 1.29 bits per heavy atom. The summed E-state index contributed by atoms with van der Waals surface area (Å²) in [5.74, 6) is 2.44. The predicted molar refractivity (Wildman–Crippen MR) is 53.4 cm³/mol. The zero-order chi connectivity index (χ0) is 12.4. The van der Waals surface area contributed by atoms with Crippen LogP contribution in [0.1, 0.15) is 10.5 Å². The molecular formula is C9H7F2N5O. The summed E-state index contributed by atoms with van der Waals surface area (Å²) >= 11 is 0. The quantitative estimate of drug-likeness (QED) is 0.400. The number of halogens is 2. The van der Waals surface area contributed by atoms with Gasteiger partial charge in [-0.3, -0.25) is 10.2 Å². The van der Waals surface area contributed by atoms with Gasteiger partial charge in [-0.05, 0) is 12.1 Å². The van der Waals surface area contributed by atoms with Gasteiger partial charge < -0.3 is 0 Å². The maximum Gasteiger partial charge on any atom is 0.288 e. The van der Waals surface area contributed by atoms with E-state index in [1.807, 2.05) is 5.43 Å². The van der Waals surface area contributed by atoms with Crippen molar-refractivity contribution in [1.82, 2.24) is 20.8 Å². The largest absolute Gasteiger partial charge is 0.289 e. The molecule has 4 N–H and O–H groups in total. The summed E-state index contributed by atoms with van der Waals surface area (Å²) < 4.78 is 27.0. The molecule has 1 amide bonds. The van der Waals surface area contributed by atoms with E-state index in [-0.39, 0.29) is 11.4 Å². The number of nitrogen functional groups attached to an aromatic ring is 1. The molecule has 0 fully saturated rings. The molecule has 0 bridgehead atoms. The number of H-pyrrole nitrogens is 1. The molecule has 2 rings (SSSR count). The Bertz CT molecular complexity index is 548. The highest BCUT2D eigenvalue weighted by atomic mass is 19.1. The van der Waals surface area contributed by atoms with Gasteiger partial charge in [-0.1, -0.05) is 6.07 Å². The lowest BCUT2D eigenvalue weighted by atomic mass is 10.1. The Morgan fingerprint density at radius 3 is 2.53 bits per heavy atom. The second kappa shape index (κ2) is 4.26. The summed E-state index contributed by atoms with van der Waals surface area (Å²) in [6.07, 6.45) is 0. The number of hydrogen-bond acceptors (Lipinski definition) is 4. The lowest BCUT2D eigenvalue weighted by molar-refractivity contribution is 0.0949. The molecule has 0 radical (unpaired) electrons. The molecule has 0 unspecified atom stereocenters. The topological polar surface area (TPSA) is 96.7 Å². The zero-order valence-electron chi connectivity index (χ0n) is 8.37. The van der Waals surface area contributed by atoms with Gasteiger partial charge in [-0.15, -0.1) is 0 Å². The van der Waals surface area contributed by atoms with Crippen molar-refractivity contribution in [3.8, 4) is 11.3 Å². The Morgan fingerprint density at radius 2 is 1.94 bits per heavy atom. The van der Waals surface area contributed by atoms with E-state index in [1.165, 1.54) is 6.07 Å². The van der Waals surface area contributed by atoms with Crippen LogP contribution < -0.4 is 11.3 Å². The van der Waals surface area contributed by atoms with Crippen molar-refractivity contribution in [2.45, 2.75) is 0 Å². The maximum atomic E-state index is 13.5. The third-order valence-corrected chi connectivity index (χ3v) is 2.09. The lowest BCUT2D eigenvalue weighted by Crippen LogP contribution is -2.30. The fourth-order valence-corrected chi connectivity index (χ4v) is 1.36. The van der Waals surface area contributed by atoms with E-state index < -0.39 is 23.1 Å². The number of nitrogens with two attached hydrogens (primary N) is 1. The minimum Gasteiger partial charge on any atom is -0.289 e. The summed E-state index contributed by atoms with van der Waals surface area (Å²) in [5, 5.41) is 9.15. The molecule has 0 aliphatic heterocycles. The van der Waals surface area contributed by atoms with E-state index in [1.54, 1.807) is 0 Å². The molecule has 88 valence electrons. The molecule has 0 spiro atoms. The van der Waals surface area contributed by atoms with E-state index >= 15 is 0 Å². The van der Waals surface area contributed by atoms with Crippen LogP contribution in [0.5, 0.6) is 0 Å². The van der Waals surface area contributed by atoms with Gasteiger partial charge in [-0.2, -0.15) is 15.4 Å². The highest BCUT2D eigenvalue weighted by Gasteiger charge is 2.22. The van der Waals surface area contributed by atoms with Gasteiger partial charge in [0.25, 0.3) is 5.91 Å². The van der Waals surface area contributed by atoms with Crippen molar-refractivity contribution in [2.75, 3.05) is 0 Å². The first-order valence-electron chi connectivity index (χ1n) is 4.51. The molecule has 0 saturated heterocycles. The second-order valence-electron chi connectivity index (χ2n) is 3.09. The highest BCUT2D eigenvalue weighted by molar-refractivity contribution is 5.97. The smallest absolute Gasteiger partial charge is 0.288 e. The molecular weight excluding hydrogens is 232 g/mol. The Hall–Kier alpha value is -2.35. The van der Waals surface area contributed by atoms with Gasteiger partial charge in [-0.25, -0.2) is 14.6 Å². The molecule has 0 saturated carbocycles. The number of aromatic amines is 1. The molecule has 1 aromatic carbocycles. The summed E-state index contributed by atoms with van der Waals surface area (Å²) in [6.45, 7) is 0. The first kappa shape index (κ1) is 11.1. The van der Waals surface area contributed by atoms with Crippen LogP contribution in [-0.2, 0) is 0 Å². The fourth-order valence-electron chi connectivity index (χ4n) is 1.36. The SMILES string of the molecule is NNC(=O)c1n[nH]nc1-c1c(F)cccc1F. The van der Waals surface area contributed by atoms with Crippen molar-refractivity contribution in [1.29, 1.82) is 0 Å². The van der Waals surface area contributed by atoms with Gasteiger partial charge >= 0.3 is 0 Å². The number of carbonyl (C=O) groups excluding carboxylic acids is 1. The monoisotopic (exact) mass is 239 g/mol. The number of benzene rings is 1. The van der Waals surface area contributed by atoms with Crippen LogP contribution in [0.25, 0.3) is 11.3 Å². The number of aromatic nitrogens is 3. The average molecular weight is 239 g/mol. The molecule has 1 heterocycles. The van der Waals surface area contributed by atoms with E-state index in [4.69, 9.17) is 5.84 Å². The summed E-state index contributed by atoms with van der Waals surface area (Å²) in [7, 11) is 0. The molecule has 0 aliphatic rings. The van der Waals surface area contributed by atoms with Gasteiger partial charge in [0.1, 0.15) is 17.3 Å². The normalized spacial score (nSPS) is 10.3. The Balaban J connectivity index is 2.62. The molecule has 2 aromatic rings. The lowest BCUT2D eigenvalue weighted by Gasteiger charge is -2.02. The fraction of sp³-hybridized carbons (Fsp3) is 0. The molecule has 8 heteroatoms. The van der Waals surface area contributed by atoms with Crippen LogP contribution in [0.3, 0.4) is 0 Å². The maximum absolute atomic E-state index is 13.5. The first-order valence-corrected chi connectivity index (χ1v) is 4.51. The molecule has 0 aliphatic carbocycles. The molecule has 6 nitrogen and oxygen atoms in total. The van der Waals surface area contributed by atoms with Gasteiger partial charge in [0.15, 0.2) is 5.69 Å². The van der Waals surface area contributed by atoms with Gasteiger partial charge in [0.2, 0.25) is 0 Å². The first-order chi connectivity index (χ1) is 8.15.